The van der Waals surface area contributed by atoms with E-state index in [-0.39, 0.29) is 10.9 Å². The monoisotopic (exact) mass is 355 g/mol. The van der Waals surface area contributed by atoms with Crippen molar-refractivity contribution in [3.8, 4) is 0 Å². The molecular formula is C13H14BrN3O2S. The quantitative estimate of drug-likeness (QED) is 0.825. The van der Waals surface area contributed by atoms with E-state index in [1.165, 1.54) is 6.07 Å². The third kappa shape index (κ3) is 3.36. The highest BCUT2D eigenvalue weighted by atomic mass is 79.9. The number of anilines is 1. The average Bonchev–Trinajstić information content (AvgIpc) is 2.38. The largest absolute Gasteiger partial charge is 0.399 e. The molecule has 7 heteroatoms. The van der Waals surface area contributed by atoms with Crippen LogP contribution in [-0.4, -0.2) is 13.4 Å². The second kappa shape index (κ2) is 5.90. The van der Waals surface area contributed by atoms with E-state index in [0.717, 1.165) is 5.56 Å². The molecule has 2 aromatic rings. The van der Waals surface area contributed by atoms with Crippen molar-refractivity contribution in [3.63, 3.8) is 0 Å². The van der Waals surface area contributed by atoms with Crippen molar-refractivity contribution in [2.24, 2.45) is 0 Å². The van der Waals surface area contributed by atoms with Gasteiger partial charge in [0.05, 0.1) is 4.90 Å². The van der Waals surface area contributed by atoms with E-state index in [4.69, 9.17) is 5.73 Å². The van der Waals surface area contributed by atoms with Crippen LogP contribution in [0.2, 0.25) is 0 Å². The molecule has 0 amide bonds. The number of pyridine rings is 1. The van der Waals surface area contributed by atoms with Crippen LogP contribution in [0.5, 0.6) is 0 Å². The maximum atomic E-state index is 12.4. The Morgan fingerprint density at radius 3 is 2.50 bits per heavy atom. The van der Waals surface area contributed by atoms with Crippen LogP contribution in [-0.2, 0) is 10.0 Å². The smallest absolute Gasteiger partial charge is 0.242 e. The highest BCUT2D eigenvalue weighted by Crippen LogP contribution is 2.25. The zero-order valence-corrected chi connectivity index (χ0v) is 13.1. The summed E-state index contributed by atoms with van der Waals surface area (Å²) in [6, 6.07) is 7.77. The number of nitrogens with zero attached hydrogens (tertiary/aromatic N) is 1. The van der Waals surface area contributed by atoms with Crippen LogP contribution < -0.4 is 10.5 Å². The number of nitrogen functional groups attached to an aromatic ring is 1. The van der Waals surface area contributed by atoms with Crippen LogP contribution in [0.25, 0.3) is 0 Å². The molecule has 0 spiro atoms. The molecule has 0 radical (unpaired) electrons. The third-order valence-electron chi connectivity index (χ3n) is 2.78. The van der Waals surface area contributed by atoms with Crippen molar-refractivity contribution in [1.82, 2.24) is 9.71 Å². The molecule has 0 aliphatic heterocycles. The second-order valence-corrected chi connectivity index (χ2v) is 6.85. The Balaban J connectivity index is 2.28. The van der Waals surface area contributed by atoms with Gasteiger partial charge in [0.2, 0.25) is 10.0 Å². The zero-order valence-electron chi connectivity index (χ0n) is 10.7. The molecule has 0 saturated heterocycles. The SMILES string of the molecule is CC(NS(=O)(=O)c1ccc(N)cc1Br)c1ccncc1. The highest BCUT2D eigenvalue weighted by molar-refractivity contribution is 9.10. The van der Waals surface area contributed by atoms with Gasteiger partial charge in [0.25, 0.3) is 0 Å². The first kappa shape index (κ1) is 15.0. The molecule has 1 heterocycles. The molecular weight excluding hydrogens is 342 g/mol. The topological polar surface area (TPSA) is 85.1 Å². The standard InChI is InChI=1S/C13H14BrN3O2S/c1-9(10-4-6-16-7-5-10)17-20(18,19)13-3-2-11(15)8-12(13)14/h2-9,17H,15H2,1H3. The summed E-state index contributed by atoms with van der Waals surface area (Å²) in [5, 5.41) is 0. The maximum Gasteiger partial charge on any atom is 0.242 e. The molecule has 1 aromatic carbocycles. The predicted molar refractivity (Wildman–Crippen MR) is 81.5 cm³/mol. The molecule has 0 aliphatic carbocycles. The highest BCUT2D eigenvalue weighted by Gasteiger charge is 2.20. The average molecular weight is 356 g/mol. The first-order valence-corrected chi connectivity index (χ1v) is 8.15. The summed E-state index contributed by atoms with van der Waals surface area (Å²) in [7, 11) is -3.63. The van der Waals surface area contributed by atoms with Crippen LogP contribution in [0, 0.1) is 0 Å². The lowest BCUT2D eigenvalue weighted by atomic mass is 10.1. The predicted octanol–water partition coefficient (Wildman–Crippen LogP) is 2.47. The van der Waals surface area contributed by atoms with Crippen molar-refractivity contribution in [3.05, 3.63) is 52.8 Å². The summed E-state index contributed by atoms with van der Waals surface area (Å²) in [4.78, 5) is 4.07. The molecule has 1 unspecified atom stereocenters. The number of aromatic nitrogens is 1. The van der Waals surface area contributed by atoms with Gasteiger partial charge in [-0.1, -0.05) is 0 Å². The number of nitrogens with one attached hydrogen (secondary N) is 1. The van der Waals surface area contributed by atoms with E-state index < -0.39 is 10.0 Å². The number of benzene rings is 1. The summed E-state index contributed by atoms with van der Waals surface area (Å²) in [5.41, 5.74) is 6.95. The fourth-order valence-electron chi connectivity index (χ4n) is 1.75. The van der Waals surface area contributed by atoms with Gasteiger partial charge in [0.15, 0.2) is 0 Å². The fourth-order valence-corrected chi connectivity index (χ4v) is 4.08. The fraction of sp³-hybridized carbons (Fsp3) is 0.154. The Kier molecular flexibility index (Phi) is 4.42. The molecule has 0 saturated carbocycles. The van der Waals surface area contributed by atoms with Gasteiger partial charge in [-0.2, -0.15) is 0 Å². The van der Waals surface area contributed by atoms with Gasteiger partial charge in [-0.3, -0.25) is 4.98 Å². The van der Waals surface area contributed by atoms with E-state index in [1.54, 1.807) is 43.6 Å². The first-order valence-electron chi connectivity index (χ1n) is 5.87. The third-order valence-corrected chi connectivity index (χ3v) is 5.30. The van der Waals surface area contributed by atoms with Crippen LogP contribution in [0.3, 0.4) is 0 Å². The number of hydrogen-bond acceptors (Lipinski definition) is 4. The molecule has 1 aromatic heterocycles. The van der Waals surface area contributed by atoms with E-state index in [2.05, 4.69) is 25.6 Å². The molecule has 106 valence electrons. The number of halogens is 1. The van der Waals surface area contributed by atoms with Crippen LogP contribution in [0.1, 0.15) is 18.5 Å². The minimum Gasteiger partial charge on any atom is -0.399 e. The lowest BCUT2D eigenvalue weighted by Gasteiger charge is -2.15. The minimum atomic E-state index is -3.63. The molecule has 5 nitrogen and oxygen atoms in total. The molecule has 20 heavy (non-hydrogen) atoms. The van der Waals surface area contributed by atoms with Gasteiger partial charge in [-0.15, -0.1) is 0 Å². The lowest BCUT2D eigenvalue weighted by Crippen LogP contribution is -2.27. The summed E-state index contributed by atoms with van der Waals surface area (Å²) in [6.07, 6.45) is 3.25. The normalized spacial score (nSPS) is 13.1. The van der Waals surface area contributed by atoms with Gasteiger partial charge in [-0.05, 0) is 58.7 Å². The van der Waals surface area contributed by atoms with Crippen molar-refractivity contribution in [2.75, 3.05) is 5.73 Å². The number of sulfonamides is 1. The van der Waals surface area contributed by atoms with Crippen molar-refractivity contribution >= 4 is 31.6 Å². The van der Waals surface area contributed by atoms with Gasteiger partial charge in [0.1, 0.15) is 0 Å². The summed E-state index contributed by atoms with van der Waals surface area (Å²) < 4.78 is 27.8. The van der Waals surface area contributed by atoms with Gasteiger partial charge in [-0.25, -0.2) is 13.1 Å². The molecule has 0 bridgehead atoms. The van der Waals surface area contributed by atoms with Gasteiger partial charge < -0.3 is 5.73 Å². The van der Waals surface area contributed by atoms with Crippen LogP contribution in [0.4, 0.5) is 5.69 Å². The second-order valence-electron chi connectivity index (χ2n) is 4.31. The zero-order chi connectivity index (χ0) is 14.8. The Hall–Kier alpha value is -1.44. The molecule has 3 N–H and O–H groups in total. The number of rotatable bonds is 4. The Labute approximate surface area is 126 Å². The van der Waals surface area contributed by atoms with Crippen molar-refractivity contribution < 1.29 is 8.42 Å². The summed E-state index contributed by atoms with van der Waals surface area (Å²) in [6.45, 7) is 1.78. The van der Waals surface area contributed by atoms with E-state index in [1.807, 2.05) is 0 Å². The Bertz CT molecular complexity index is 705. The van der Waals surface area contributed by atoms with Crippen LogP contribution in [0.15, 0.2) is 52.1 Å². The summed E-state index contributed by atoms with van der Waals surface area (Å²) >= 11 is 3.22. The van der Waals surface area contributed by atoms with E-state index >= 15 is 0 Å². The molecule has 1 atom stereocenters. The van der Waals surface area contributed by atoms with E-state index in [0.29, 0.717) is 10.2 Å². The number of nitrogens with two attached hydrogens (primary N) is 1. The maximum absolute atomic E-state index is 12.4. The van der Waals surface area contributed by atoms with Crippen molar-refractivity contribution in [1.29, 1.82) is 0 Å². The lowest BCUT2D eigenvalue weighted by molar-refractivity contribution is 0.566. The van der Waals surface area contributed by atoms with Crippen molar-refractivity contribution in [2.45, 2.75) is 17.9 Å². The summed E-state index contributed by atoms with van der Waals surface area (Å²) in [5.74, 6) is 0. The molecule has 2 rings (SSSR count). The molecule has 0 aliphatic rings. The Morgan fingerprint density at radius 1 is 1.25 bits per heavy atom. The minimum absolute atomic E-state index is 0.160. The first-order chi connectivity index (χ1) is 9.40. The number of hydrogen-bond donors (Lipinski definition) is 2. The van der Waals surface area contributed by atoms with Gasteiger partial charge in [0, 0.05) is 28.6 Å². The van der Waals surface area contributed by atoms with E-state index in [9.17, 15) is 8.42 Å². The Morgan fingerprint density at radius 2 is 1.90 bits per heavy atom. The molecule has 0 fully saturated rings. The van der Waals surface area contributed by atoms with Crippen LogP contribution >= 0.6 is 15.9 Å². The van der Waals surface area contributed by atoms with Gasteiger partial charge >= 0.3 is 0 Å².